The average molecular weight is 287 g/mol. The lowest BCUT2D eigenvalue weighted by Gasteiger charge is -2.18. The summed E-state index contributed by atoms with van der Waals surface area (Å²) >= 11 is 6.05. The van der Waals surface area contributed by atoms with Crippen LogP contribution >= 0.6 is 11.6 Å². The molecule has 1 unspecified atom stereocenters. The number of hydrogen-bond acceptors (Lipinski definition) is 4. The summed E-state index contributed by atoms with van der Waals surface area (Å²) in [5.41, 5.74) is 6.89. The number of nitrogens with one attached hydrogen (secondary N) is 1. The van der Waals surface area contributed by atoms with Crippen molar-refractivity contribution >= 4 is 17.3 Å². The number of ether oxygens (including phenoxy) is 2. The second-order valence-corrected chi connectivity index (χ2v) is 5.36. The van der Waals surface area contributed by atoms with Crippen molar-refractivity contribution in [3.8, 4) is 11.5 Å². The standard InChI is InChI=1S/C14H23ClN2O2/c1-9(2)5-10(16)8-17-12-7-13(18-3)11(15)6-14(12)19-4/h6-7,9-10,17H,5,8,16H2,1-4H3. The molecule has 1 atom stereocenters. The van der Waals surface area contributed by atoms with Gasteiger partial charge < -0.3 is 20.5 Å². The molecule has 4 nitrogen and oxygen atoms in total. The van der Waals surface area contributed by atoms with E-state index in [-0.39, 0.29) is 6.04 Å². The molecule has 108 valence electrons. The van der Waals surface area contributed by atoms with Gasteiger partial charge in [0.15, 0.2) is 0 Å². The number of hydrogen-bond donors (Lipinski definition) is 2. The number of rotatable bonds is 7. The van der Waals surface area contributed by atoms with Gasteiger partial charge in [-0.05, 0) is 12.3 Å². The summed E-state index contributed by atoms with van der Waals surface area (Å²) in [7, 11) is 3.19. The van der Waals surface area contributed by atoms with Gasteiger partial charge in [-0.15, -0.1) is 0 Å². The number of benzene rings is 1. The third kappa shape index (κ3) is 4.80. The molecule has 3 N–H and O–H groups in total. The molecule has 0 spiro atoms. The maximum Gasteiger partial charge on any atom is 0.143 e. The summed E-state index contributed by atoms with van der Waals surface area (Å²) in [4.78, 5) is 0. The van der Waals surface area contributed by atoms with Crippen molar-refractivity contribution in [3.63, 3.8) is 0 Å². The molecule has 1 rings (SSSR count). The van der Waals surface area contributed by atoms with Crippen molar-refractivity contribution in [2.45, 2.75) is 26.3 Å². The van der Waals surface area contributed by atoms with E-state index in [0.717, 1.165) is 12.1 Å². The molecule has 0 saturated carbocycles. The highest BCUT2D eigenvalue weighted by atomic mass is 35.5. The molecule has 1 aromatic carbocycles. The van der Waals surface area contributed by atoms with Crippen molar-refractivity contribution in [1.82, 2.24) is 0 Å². The number of nitrogens with two attached hydrogens (primary N) is 1. The third-order valence-electron chi connectivity index (χ3n) is 2.80. The van der Waals surface area contributed by atoms with Gasteiger partial charge in [-0.25, -0.2) is 0 Å². The van der Waals surface area contributed by atoms with Crippen LogP contribution in [-0.2, 0) is 0 Å². The van der Waals surface area contributed by atoms with E-state index in [1.165, 1.54) is 0 Å². The first-order valence-electron chi connectivity index (χ1n) is 6.38. The van der Waals surface area contributed by atoms with Gasteiger partial charge in [-0.1, -0.05) is 25.4 Å². The van der Waals surface area contributed by atoms with Crippen LogP contribution in [0.1, 0.15) is 20.3 Å². The number of halogens is 1. The first kappa shape index (κ1) is 15.9. The third-order valence-corrected chi connectivity index (χ3v) is 3.10. The van der Waals surface area contributed by atoms with Gasteiger partial charge in [0.25, 0.3) is 0 Å². The van der Waals surface area contributed by atoms with E-state index in [2.05, 4.69) is 19.2 Å². The highest BCUT2D eigenvalue weighted by Crippen LogP contribution is 2.35. The highest BCUT2D eigenvalue weighted by molar-refractivity contribution is 6.32. The summed E-state index contributed by atoms with van der Waals surface area (Å²) in [5.74, 6) is 1.88. The maximum absolute atomic E-state index is 6.05. The van der Waals surface area contributed by atoms with Crippen molar-refractivity contribution in [2.24, 2.45) is 11.7 Å². The monoisotopic (exact) mass is 286 g/mol. The van der Waals surface area contributed by atoms with E-state index in [1.54, 1.807) is 20.3 Å². The predicted octanol–water partition coefficient (Wildman–Crippen LogP) is 3.14. The molecule has 0 amide bonds. The lowest BCUT2D eigenvalue weighted by atomic mass is 10.0. The van der Waals surface area contributed by atoms with E-state index in [0.29, 0.717) is 29.0 Å². The van der Waals surface area contributed by atoms with E-state index >= 15 is 0 Å². The van der Waals surface area contributed by atoms with Crippen molar-refractivity contribution in [1.29, 1.82) is 0 Å². The van der Waals surface area contributed by atoms with E-state index in [4.69, 9.17) is 26.8 Å². The molecule has 0 aliphatic carbocycles. The summed E-state index contributed by atoms with van der Waals surface area (Å²) in [6, 6.07) is 3.66. The minimum Gasteiger partial charge on any atom is -0.495 e. The van der Waals surface area contributed by atoms with Crippen LogP contribution in [0.4, 0.5) is 5.69 Å². The lowest BCUT2D eigenvalue weighted by Crippen LogP contribution is -2.30. The van der Waals surface area contributed by atoms with Crippen molar-refractivity contribution < 1.29 is 9.47 Å². The highest BCUT2D eigenvalue weighted by Gasteiger charge is 2.11. The van der Waals surface area contributed by atoms with E-state index < -0.39 is 0 Å². The Labute approximate surface area is 120 Å². The van der Waals surface area contributed by atoms with Gasteiger partial charge in [0.05, 0.1) is 24.9 Å². The number of anilines is 1. The van der Waals surface area contributed by atoms with Crippen LogP contribution < -0.4 is 20.5 Å². The quantitative estimate of drug-likeness (QED) is 0.808. The molecule has 1 aromatic rings. The van der Waals surface area contributed by atoms with Crippen LogP contribution in [0.25, 0.3) is 0 Å². The topological polar surface area (TPSA) is 56.5 Å². The second-order valence-electron chi connectivity index (χ2n) is 4.96. The Morgan fingerprint density at radius 1 is 1.21 bits per heavy atom. The molecular weight excluding hydrogens is 264 g/mol. The Kier molecular flexibility index (Phi) is 6.25. The molecule has 0 bridgehead atoms. The molecule has 0 aromatic heterocycles. The Hall–Kier alpha value is -1.13. The summed E-state index contributed by atoms with van der Waals surface area (Å²) in [6.45, 7) is 5.00. The zero-order chi connectivity index (χ0) is 14.4. The number of methoxy groups -OCH3 is 2. The normalized spacial score (nSPS) is 12.4. The SMILES string of the molecule is COc1cc(NCC(N)CC(C)C)c(OC)cc1Cl. The average Bonchev–Trinajstić information content (AvgIpc) is 2.35. The Morgan fingerprint density at radius 3 is 2.37 bits per heavy atom. The first-order chi connectivity index (χ1) is 8.97. The fourth-order valence-corrected chi connectivity index (χ4v) is 2.16. The van der Waals surface area contributed by atoms with E-state index in [9.17, 15) is 0 Å². The molecule has 0 fully saturated rings. The first-order valence-corrected chi connectivity index (χ1v) is 6.76. The molecule has 0 radical (unpaired) electrons. The smallest absolute Gasteiger partial charge is 0.143 e. The lowest BCUT2D eigenvalue weighted by molar-refractivity contribution is 0.404. The molecule has 19 heavy (non-hydrogen) atoms. The molecule has 0 heterocycles. The maximum atomic E-state index is 6.05. The summed E-state index contributed by atoms with van der Waals surface area (Å²) in [6.07, 6.45) is 0.972. The van der Waals surface area contributed by atoms with Crippen LogP contribution in [0.15, 0.2) is 12.1 Å². The van der Waals surface area contributed by atoms with Gasteiger partial charge in [0.1, 0.15) is 11.5 Å². The minimum absolute atomic E-state index is 0.103. The zero-order valence-electron chi connectivity index (χ0n) is 12.0. The minimum atomic E-state index is 0.103. The molecule has 0 aliphatic rings. The van der Waals surface area contributed by atoms with Crippen LogP contribution in [-0.4, -0.2) is 26.8 Å². The Bertz CT molecular complexity index is 411. The van der Waals surface area contributed by atoms with Crippen LogP contribution in [0.2, 0.25) is 5.02 Å². The van der Waals surface area contributed by atoms with Gasteiger partial charge in [0.2, 0.25) is 0 Å². The second kappa shape index (κ2) is 7.46. The van der Waals surface area contributed by atoms with Gasteiger partial charge >= 0.3 is 0 Å². The van der Waals surface area contributed by atoms with Gasteiger partial charge in [-0.2, -0.15) is 0 Å². The van der Waals surface area contributed by atoms with Crippen molar-refractivity contribution in [3.05, 3.63) is 17.2 Å². The van der Waals surface area contributed by atoms with Crippen LogP contribution in [0, 0.1) is 5.92 Å². The molecule has 0 saturated heterocycles. The summed E-state index contributed by atoms with van der Waals surface area (Å²) in [5, 5.41) is 3.81. The molecular formula is C14H23ClN2O2. The van der Waals surface area contributed by atoms with Gasteiger partial charge in [-0.3, -0.25) is 0 Å². The predicted molar refractivity (Wildman–Crippen MR) is 80.5 cm³/mol. The Balaban J connectivity index is 2.76. The zero-order valence-corrected chi connectivity index (χ0v) is 12.8. The molecule has 5 heteroatoms. The largest absolute Gasteiger partial charge is 0.495 e. The summed E-state index contributed by atoms with van der Waals surface area (Å²) < 4.78 is 10.5. The van der Waals surface area contributed by atoms with Crippen LogP contribution in [0.3, 0.4) is 0 Å². The van der Waals surface area contributed by atoms with E-state index in [1.807, 2.05) is 6.07 Å². The van der Waals surface area contributed by atoms with Crippen LogP contribution in [0.5, 0.6) is 11.5 Å². The Morgan fingerprint density at radius 2 is 1.84 bits per heavy atom. The fourth-order valence-electron chi connectivity index (χ4n) is 1.93. The van der Waals surface area contributed by atoms with Crippen molar-refractivity contribution in [2.75, 3.05) is 26.1 Å². The molecule has 0 aliphatic heterocycles. The fraction of sp³-hybridized carbons (Fsp3) is 0.571. The van der Waals surface area contributed by atoms with Gasteiger partial charge in [0, 0.05) is 24.7 Å².